The number of para-hydroxylation sites is 1. The number of carbonyl (C=O) groups excluding carboxylic acids is 3. The number of ether oxygens (including phenoxy) is 2. The molecule has 37 heavy (non-hydrogen) atoms. The maximum atomic E-state index is 13.8. The molecule has 3 atom stereocenters. The number of carbonyl (C=O) groups is 3. The molecule has 10 nitrogen and oxygen atoms in total. The third-order valence-corrected chi connectivity index (χ3v) is 5.61. The van der Waals surface area contributed by atoms with Crippen molar-refractivity contribution < 1.29 is 34.1 Å². The van der Waals surface area contributed by atoms with Crippen molar-refractivity contribution in [3.8, 4) is 11.5 Å². The van der Waals surface area contributed by atoms with Gasteiger partial charge in [0.15, 0.2) is 0 Å². The summed E-state index contributed by atoms with van der Waals surface area (Å²) in [6, 6.07) is 9.69. The van der Waals surface area contributed by atoms with E-state index in [1.54, 1.807) is 70.2 Å². The van der Waals surface area contributed by atoms with E-state index in [1.165, 1.54) is 18.1 Å². The van der Waals surface area contributed by atoms with E-state index in [0.717, 1.165) is 0 Å². The highest BCUT2D eigenvalue weighted by atomic mass is 16.6. The molecule has 0 spiro atoms. The molecule has 4 N–H and O–H groups in total. The summed E-state index contributed by atoms with van der Waals surface area (Å²) in [6.07, 6.45) is -0.429. The monoisotopic (exact) mass is 515 g/mol. The summed E-state index contributed by atoms with van der Waals surface area (Å²) in [5, 5.41) is 25.8. The number of alkyl carbamates (subject to hydrolysis) is 1. The van der Waals surface area contributed by atoms with Crippen LogP contribution in [0.2, 0.25) is 0 Å². The molecule has 0 heterocycles. The third kappa shape index (κ3) is 8.11. The molecule has 0 aliphatic heterocycles. The first-order valence-corrected chi connectivity index (χ1v) is 12.1. The molecule has 202 valence electrons. The molecule has 0 bridgehead atoms. The Balaban J connectivity index is 2.50. The molecule has 0 radical (unpaired) electrons. The van der Waals surface area contributed by atoms with Crippen molar-refractivity contribution in [2.45, 2.75) is 64.8 Å². The van der Waals surface area contributed by atoms with Crippen molar-refractivity contribution in [2.75, 3.05) is 19.0 Å². The fraction of sp³-hybridized carbons (Fsp3) is 0.444. The quantitative estimate of drug-likeness (QED) is 0.379. The predicted molar refractivity (Wildman–Crippen MR) is 139 cm³/mol. The zero-order chi connectivity index (χ0) is 27.8. The zero-order valence-electron chi connectivity index (χ0n) is 22.1. The number of aliphatic hydroxyl groups excluding tert-OH is 1. The number of phenolic OH excluding ortho intramolecular Hbond substituents is 1. The van der Waals surface area contributed by atoms with Gasteiger partial charge in [0.2, 0.25) is 5.91 Å². The van der Waals surface area contributed by atoms with Crippen LogP contribution < -0.4 is 15.4 Å². The standard InChI is InChI=1S/C27H37N3O7/c1-7-17(2)30(25(34)21(16-31)29-26(35)37-27(3,4)5)23(20-10-8-9-11-22(20)32)24(33)28-18-12-14-19(36-6)15-13-18/h8-15,17,21,23,31-32H,7,16H2,1-6H3,(H,28,33)(H,29,35). The van der Waals surface area contributed by atoms with Crippen LogP contribution in [0, 0.1) is 0 Å². The summed E-state index contributed by atoms with van der Waals surface area (Å²) in [4.78, 5) is 41.1. The van der Waals surface area contributed by atoms with E-state index >= 15 is 0 Å². The van der Waals surface area contributed by atoms with Gasteiger partial charge in [-0.3, -0.25) is 9.59 Å². The molecule has 2 aromatic carbocycles. The van der Waals surface area contributed by atoms with Gasteiger partial charge in [-0.05, 0) is 64.4 Å². The van der Waals surface area contributed by atoms with E-state index in [2.05, 4.69) is 10.6 Å². The Morgan fingerprint density at radius 2 is 1.68 bits per heavy atom. The minimum atomic E-state index is -1.38. The number of aliphatic hydroxyl groups is 1. The predicted octanol–water partition coefficient (Wildman–Crippen LogP) is 3.59. The van der Waals surface area contributed by atoms with Crippen molar-refractivity contribution in [1.82, 2.24) is 10.2 Å². The van der Waals surface area contributed by atoms with Crippen LogP contribution in [0.4, 0.5) is 10.5 Å². The van der Waals surface area contributed by atoms with Crippen LogP contribution in [0.25, 0.3) is 0 Å². The first kappa shape index (κ1) is 29.4. The summed E-state index contributed by atoms with van der Waals surface area (Å²) in [5.41, 5.74) is -0.176. The summed E-state index contributed by atoms with van der Waals surface area (Å²) in [6.45, 7) is 7.87. The van der Waals surface area contributed by atoms with Gasteiger partial charge < -0.3 is 35.2 Å². The van der Waals surface area contributed by atoms with Crippen molar-refractivity contribution >= 4 is 23.6 Å². The van der Waals surface area contributed by atoms with Gasteiger partial charge in [0.1, 0.15) is 29.2 Å². The number of methoxy groups -OCH3 is 1. The lowest BCUT2D eigenvalue weighted by molar-refractivity contribution is -0.144. The number of amides is 3. The van der Waals surface area contributed by atoms with Gasteiger partial charge in [-0.25, -0.2) is 4.79 Å². The highest BCUT2D eigenvalue weighted by Gasteiger charge is 2.39. The Morgan fingerprint density at radius 1 is 1.05 bits per heavy atom. The molecule has 0 aliphatic carbocycles. The fourth-order valence-corrected chi connectivity index (χ4v) is 3.63. The second-order valence-electron chi connectivity index (χ2n) is 9.56. The zero-order valence-corrected chi connectivity index (χ0v) is 22.1. The molecule has 0 saturated heterocycles. The molecule has 0 saturated carbocycles. The number of anilines is 1. The molecule has 0 fully saturated rings. The van der Waals surface area contributed by atoms with E-state index in [9.17, 15) is 24.6 Å². The number of hydrogen-bond donors (Lipinski definition) is 4. The van der Waals surface area contributed by atoms with Gasteiger partial charge in [0.25, 0.3) is 5.91 Å². The second kappa shape index (κ2) is 13.0. The van der Waals surface area contributed by atoms with Crippen LogP contribution in [0.15, 0.2) is 48.5 Å². The summed E-state index contributed by atoms with van der Waals surface area (Å²) in [5.74, 6) is -0.875. The molecule has 2 aromatic rings. The molecule has 0 aromatic heterocycles. The fourth-order valence-electron chi connectivity index (χ4n) is 3.63. The van der Waals surface area contributed by atoms with Gasteiger partial charge in [-0.2, -0.15) is 0 Å². The van der Waals surface area contributed by atoms with Crippen molar-refractivity contribution in [1.29, 1.82) is 0 Å². The molecule has 3 amide bonds. The SMILES string of the molecule is CCC(C)N(C(=O)C(CO)NC(=O)OC(C)(C)C)C(C(=O)Nc1ccc(OC)cc1)c1ccccc1O. The van der Waals surface area contributed by atoms with Crippen LogP contribution >= 0.6 is 0 Å². The van der Waals surface area contributed by atoms with Gasteiger partial charge >= 0.3 is 6.09 Å². The normalized spacial score (nSPS) is 13.6. The lowest BCUT2D eigenvalue weighted by Crippen LogP contribution is -2.56. The smallest absolute Gasteiger partial charge is 0.408 e. The van der Waals surface area contributed by atoms with Crippen LogP contribution in [0.5, 0.6) is 11.5 Å². The Bertz CT molecular complexity index is 1070. The summed E-state index contributed by atoms with van der Waals surface area (Å²) < 4.78 is 10.4. The minimum absolute atomic E-state index is 0.181. The Labute approximate surface area is 217 Å². The van der Waals surface area contributed by atoms with E-state index < -0.39 is 48.2 Å². The van der Waals surface area contributed by atoms with Crippen LogP contribution in [-0.2, 0) is 14.3 Å². The van der Waals surface area contributed by atoms with Crippen LogP contribution in [0.3, 0.4) is 0 Å². The van der Waals surface area contributed by atoms with Gasteiger partial charge in [0, 0.05) is 17.3 Å². The van der Waals surface area contributed by atoms with E-state index in [0.29, 0.717) is 17.9 Å². The van der Waals surface area contributed by atoms with Crippen molar-refractivity contribution in [3.63, 3.8) is 0 Å². The Morgan fingerprint density at radius 3 is 2.19 bits per heavy atom. The average molecular weight is 516 g/mol. The molecule has 0 aliphatic rings. The molecular weight excluding hydrogens is 478 g/mol. The lowest BCUT2D eigenvalue weighted by atomic mass is 9.99. The average Bonchev–Trinajstić information content (AvgIpc) is 2.85. The number of phenols is 1. The van der Waals surface area contributed by atoms with Gasteiger partial charge in [-0.1, -0.05) is 25.1 Å². The third-order valence-electron chi connectivity index (χ3n) is 5.61. The number of aromatic hydroxyl groups is 1. The Kier molecular flexibility index (Phi) is 10.3. The van der Waals surface area contributed by atoms with Crippen LogP contribution in [-0.4, -0.2) is 64.4 Å². The number of rotatable bonds is 10. The molecule has 2 rings (SSSR count). The van der Waals surface area contributed by atoms with Crippen molar-refractivity contribution in [3.05, 3.63) is 54.1 Å². The number of benzene rings is 2. The maximum Gasteiger partial charge on any atom is 0.408 e. The van der Waals surface area contributed by atoms with Crippen LogP contribution in [0.1, 0.15) is 52.6 Å². The second-order valence-corrected chi connectivity index (χ2v) is 9.56. The highest BCUT2D eigenvalue weighted by molar-refractivity contribution is 5.99. The Hall–Kier alpha value is -3.79. The highest BCUT2D eigenvalue weighted by Crippen LogP contribution is 2.33. The number of hydrogen-bond acceptors (Lipinski definition) is 7. The van der Waals surface area contributed by atoms with Crippen molar-refractivity contribution in [2.24, 2.45) is 0 Å². The van der Waals surface area contributed by atoms with E-state index in [1.807, 2.05) is 6.92 Å². The first-order valence-electron chi connectivity index (χ1n) is 12.1. The summed E-state index contributed by atoms with van der Waals surface area (Å²) >= 11 is 0. The van der Waals surface area contributed by atoms with E-state index in [-0.39, 0.29) is 11.3 Å². The number of nitrogens with zero attached hydrogens (tertiary/aromatic N) is 1. The largest absolute Gasteiger partial charge is 0.508 e. The minimum Gasteiger partial charge on any atom is -0.508 e. The maximum absolute atomic E-state index is 13.8. The topological polar surface area (TPSA) is 137 Å². The molecule has 3 unspecified atom stereocenters. The molecular formula is C27H37N3O7. The molecule has 10 heteroatoms. The van der Waals surface area contributed by atoms with E-state index in [4.69, 9.17) is 9.47 Å². The van der Waals surface area contributed by atoms with Gasteiger partial charge in [-0.15, -0.1) is 0 Å². The van der Waals surface area contributed by atoms with Gasteiger partial charge in [0.05, 0.1) is 13.7 Å². The lowest BCUT2D eigenvalue weighted by Gasteiger charge is -2.38. The number of nitrogens with one attached hydrogen (secondary N) is 2. The summed E-state index contributed by atoms with van der Waals surface area (Å²) in [7, 11) is 1.53. The first-order chi connectivity index (χ1) is 17.4.